The molecule has 0 bridgehead atoms. The molecule has 0 saturated carbocycles. The van der Waals surface area contributed by atoms with Gasteiger partial charge in [-0.1, -0.05) is 11.6 Å². The van der Waals surface area contributed by atoms with Gasteiger partial charge in [0.1, 0.15) is 0 Å². The fraction of sp³-hybridized carbons (Fsp3) is 0.684. The Bertz CT molecular complexity index is 597. The molecule has 5 heteroatoms. The van der Waals surface area contributed by atoms with Crippen molar-refractivity contribution in [2.45, 2.75) is 65.8 Å². The maximum absolute atomic E-state index is 4.74. The van der Waals surface area contributed by atoms with Crippen LogP contribution >= 0.6 is 0 Å². The minimum Gasteiger partial charge on any atom is -0.357 e. The number of aliphatic imine (C=N–C) groups is 1. The Morgan fingerprint density at radius 1 is 1.42 bits per heavy atom. The summed E-state index contributed by atoms with van der Waals surface area (Å²) < 4.78 is 1.96. The van der Waals surface area contributed by atoms with Gasteiger partial charge < -0.3 is 10.6 Å². The van der Waals surface area contributed by atoms with E-state index in [2.05, 4.69) is 49.5 Å². The van der Waals surface area contributed by atoms with Crippen molar-refractivity contribution in [3.63, 3.8) is 0 Å². The van der Waals surface area contributed by atoms with Gasteiger partial charge in [0.2, 0.25) is 0 Å². The number of hydrogen-bond acceptors (Lipinski definition) is 2. The van der Waals surface area contributed by atoms with Crippen LogP contribution in [0.25, 0.3) is 0 Å². The lowest BCUT2D eigenvalue weighted by molar-refractivity contribution is 0.635. The summed E-state index contributed by atoms with van der Waals surface area (Å²) in [7, 11) is 2.01. The molecule has 0 spiro atoms. The maximum atomic E-state index is 4.74. The van der Waals surface area contributed by atoms with Gasteiger partial charge in [-0.15, -0.1) is 0 Å². The average molecular weight is 332 g/mol. The predicted molar refractivity (Wildman–Crippen MR) is 102 cm³/mol. The summed E-state index contributed by atoms with van der Waals surface area (Å²) in [6.45, 7) is 10.3. The number of aromatic nitrogens is 2. The quantitative estimate of drug-likeness (QED) is 0.459. The lowest BCUT2D eigenvalue weighted by Gasteiger charge is -2.18. The Hall–Kier alpha value is -1.78. The van der Waals surface area contributed by atoms with E-state index in [-0.39, 0.29) is 0 Å². The molecular formula is C19H33N5. The molecule has 1 atom stereocenters. The van der Waals surface area contributed by atoms with Crippen molar-refractivity contribution < 1.29 is 0 Å². The van der Waals surface area contributed by atoms with Crippen LogP contribution < -0.4 is 10.6 Å². The molecule has 0 saturated heterocycles. The molecule has 0 fully saturated rings. The Balaban J connectivity index is 1.90. The van der Waals surface area contributed by atoms with Crippen molar-refractivity contribution in [3.05, 3.63) is 28.6 Å². The number of nitrogens with zero attached hydrogens (tertiary/aromatic N) is 3. The fourth-order valence-corrected chi connectivity index (χ4v) is 3.30. The summed E-state index contributed by atoms with van der Waals surface area (Å²) >= 11 is 0. The van der Waals surface area contributed by atoms with Gasteiger partial charge >= 0.3 is 0 Å². The lowest BCUT2D eigenvalue weighted by Crippen LogP contribution is -2.43. The highest BCUT2D eigenvalue weighted by Crippen LogP contribution is 2.20. The highest BCUT2D eigenvalue weighted by molar-refractivity contribution is 5.80. The molecule has 2 rings (SSSR count). The van der Waals surface area contributed by atoms with Crippen molar-refractivity contribution >= 4 is 5.96 Å². The van der Waals surface area contributed by atoms with Gasteiger partial charge in [-0.2, -0.15) is 5.10 Å². The smallest absolute Gasteiger partial charge is 0.191 e. The SMILES string of the molecule is CCNC(=NCCC1=CCCC1)NC(C)Cc1c(C)nn(C)c1C. The zero-order valence-corrected chi connectivity index (χ0v) is 15.9. The normalized spacial score (nSPS) is 16.2. The van der Waals surface area contributed by atoms with E-state index >= 15 is 0 Å². The van der Waals surface area contributed by atoms with E-state index in [1.54, 1.807) is 5.57 Å². The van der Waals surface area contributed by atoms with Gasteiger partial charge in [-0.05, 0) is 65.4 Å². The molecule has 0 aliphatic heterocycles. The Morgan fingerprint density at radius 2 is 2.21 bits per heavy atom. The molecule has 5 nitrogen and oxygen atoms in total. The van der Waals surface area contributed by atoms with Gasteiger partial charge in [0.15, 0.2) is 5.96 Å². The molecule has 134 valence electrons. The first kappa shape index (κ1) is 18.6. The van der Waals surface area contributed by atoms with Crippen LogP contribution in [-0.2, 0) is 13.5 Å². The van der Waals surface area contributed by atoms with E-state index in [1.807, 2.05) is 11.7 Å². The van der Waals surface area contributed by atoms with E-state index in [0.717, 1.165) is 37.6 Å². The number of aryl methyl sites for hydroxylation is 2. The molecule has 1 aromatic rings. The minimum absolute atomic E-state index is 0.315. The first-order valence-corrected chi connectivity index (χ1v) is 9.23. The molecule has 1 aromatic heterocycles. The minimum atomic E-state index is 0.315. The number of guanidine groups is 1. The summed E-state index contributed by atoms with van der Waals surface area (Å²) in [5, 5.41) is 11.4. The second-order valence-corrected chi connectivity index (χ2v) is 6.79. The topological polar surface area (TPSA) is 54.2 Å². The van der Waals surface area contributed by atoms with Crippen LogP contribution in [0.1, 0.15) is 56.5 Å². The fourth-order valence-electron chi connectivity index (χ4n) is 3.30. The van der Waals surface area contributed by atoms with Crippen LogP contribution in [0.5, 0.6) is 0 Å². The highest BCUT2D eigenvalue weighted by atomic mass is 15.3. The molecule has 24 heavy (non-hydrogen) atoms. The van der Waals surface area contributed by atoms with E-state index in [1.165, 1.54) is 30.5 Å². The molecule has 1 heterocycles. The zero-order valence-electron chi connectivity index (χ0n) is 15.9. The maximum Gasteiger partial charge on any atom is 0.191 e. The molecule has 0 radical (unpaired) electrons. The van der Waals surface area contributed by atoms with Crippen molar-refractivity contribution in [1.29, 1.82) is 0 Å². The molecular weight excluding hydrogens is 298 g/mol. The van der Waals surface area contributed by atoms with Gasteiger partial charge in [0.05, 0.1) is 5.69 Å². The van der Waals surface area contributed by atoms with Crippen molar-refractivity contribution in [1.82, 2.24) is 20.4 Å². The van der Waals surface area contributed by atoms with Crippen molar-refractivity contribution in [2.24, 2.45) is 12.0 Å². The number of allylic oxidation sites excluding steroid dienone is 1. The third-order valence-electron chi connectivity index (χ3n) is 4.73. The zero-order chi connectivity index (χ0) is 17.5. The second kappa shape index (κ2) is 8.90. The van der Waals surface area contributed by atoms with E-state index < -0.39 is 0 Å². The molecule has 1 unspecified atom stereocenters. The molecule has 2 N–H and O–H groups in total. The summed E-state index contributed by atoms with van der Waals surface area (Å²) in [4.78, 5) is 4.74. The Kier molecular flexibility index (Phi) is 6.88. The number of nitrogens with one attached hydrogen (secondary N) is 2. The Morgan fingerprint density at radius 3 is 2.79 bits per heavy atom. The number of hydrogen-bond donors (Lipinski definition) is 2. The van der Waals surface area contributed by atoms with Gasteiger partial charge in [0, 0.05) is 31.9 Å². The summed E-state index contributed by atoms with van der Waals surface area (Å²) in [5.74, 6) is 0.919. The average Bonchev–Trinajstić information content (AvgIpc) is 3.12. The molecule has 0 aromatic carbocycles. The van der Waals surface area contributed by atoms with Crippen LogP contribution in [-0.4, -0.2) is 34.9 Å². The summed E-state index contributed by atoms with van der Waals surface area (Å²) in [6.07, 6.45) is 8.26. The van der Waals surface area contributed by atoms with Crippen LogP contribution in [0.2, 0.25) is 0 Å². The van der Waals surface area contributed by atoms with E-state index in [0.29, 0.717) is 6.04 Å². The predicted octanol–water partition coefficient (Wildman–Crippen LogP) is 3.02. The first-order valence-electron chi connectivity index (χ1n) is 9.23. The number of rotatable bonds is 7. The van der Waals surface area contributed by atoms with E-state index in [4.69, 9.17) is 4.99 Å². The largest absolute Gasteiger partial charge is 0.357 e. The molecule has 1 aliphatic carbocycles. The second-order valence-electron chi connectivity index (χ2n) is 6.79. The van der Waals surface area contributed by atoms with Gasteiger partial charge in [-0.3, -0.25) is 9.67 Å². The van der Waals surface area contributed by atoms with Crippen LogP contribution in [0.4, 0.5) is 0 Å². The van der Waals surface area contributed by atoms with Crippen LogP contribution in [0.15, 0.2) is 16.6 Å². The van der Waals surface area contributed by atoms with E-state index in [9.17, 15) is 0 Å². The first-order chi connectivity index (χ1) is 11.5. The van der Waals surface area contributed by atoms with Crippen molar-refractivity contribution in [2.75, 3.05) is 13.1 Å². The summed E-state index contributed by atoms with van der Waals surface area (Å²) in [6, 6.07) is 0.315. The van der Waals surface area contributed by atoms with Crippen molar-refractivity contribution in [3.8, 4) is 0 Å². The molecule has 1 aliphatic rings. The van der Waals surface area contributed by atoms with Gasteiger partial charge in [-0.25, -0.2) is 0 Å². The summed E-state index contributed by atoms with van der Waals surface area (Å²) in [5.41, 5.74) is 5.28. The van der Waals surface area contributed by atoms with Crippen LogP contribution in [0, 0.1) is 13.8 Å². The third kappa shape index (κ3) is 5.11. The monoisotopic (exact) mass is 331 g/mol. The third-order valence-corrected chi connectivity index (χ3v) is 4.73. The molecule has 0 amide bonds. The Labute approximate surface area is 146 Å². The standard InChI is InChI=1S/C19H33N5/c1-6-20-19(21-12-11-17-9-7-8-10-17)22-14(2)13-18-15(3)23-24(5)16(18)4/h9,14H,6-8,10-13H2,1-5H3,(H2,20,21,22). The highest BCUT2D eigenvalue weighted by Gasteiger charge is 2.14. The van der Waals surface area contributed by atoms with Crippen LogP contribution in [0.3, 0.4) is 0 Å². The lowest BCUT2D eigenvalue weighted by atomic mass is 10.1. The van der Waals surface area contributed by atoms with Gasteiger partial charge in [0.25, 0.3) is 0 Å².